The fourth-order valence-corrected chi connectivity index (χ4v) is 5.29. The summed E-state index contributed by atoms with van der Waals surface area (Å²) < 4.78 is 0. The number of nitrogens with zero attached hydrogens (tertiary/aromatic N) is 2. The van der Waals surface area contributed by atoms with Gasteiger partial charge in [-0.2, -0.15) is 0 Å². The number of aryl methyl sites for hydroxylation is 2. The van der Waals surface area contributed by atoms with E-state index in [-0.39, 0.29) is 59.5 Å². The molecule has 4 unspecified atom stereocenters. The highest BCUT2D eigenvalue weighted by atomic mass is 127. The Morgan fingerprint density at radius 2 is 1.71 bits per heavy atom. The lowest BCUT2D eigenvalue weighted by Gasteiger charge is -2.18. The van der Waals surface area contributed by atoms with Crippen molar-refractivity contribution in [2.45, 2.75) is 33.1 Å². The molecule has 6 nitrogen and oxygen atoms in total. The van der Waals surface area contributed by atoms with E-state index in [0.29, 0.717) is 13.1 Å². The van der Waals surface area contributed by atoms with Crippen LogP contribution in [0.4, 0.5) is 0 Å². The fraction of sp³-hybridized carbons (Fsp3) is 0.542. The molecule has 2 N–H and O–H groups in total. The number of halogens is 1. The van der Waals surface area contributed by atoms with Crippen molar-refractivity contribution in [2.24, 2.45) is 28.7 Å². The lowest BCUT2D eigenvalue weighted by atomic mass is 9.85. The number of fused-ring (bicyclic) bond motifs is 5. The molecule has 2 amide bonds. The Balaban J connectivity index is 0.00000272. The van der Waals surface area contributed by atoms with Crippen LogP contribution in [0.3, 0.4) is 0 Å². The number of guanidine groups is 1. The van der Waals surface area contributed by atoms with Gasteiger partial charge in [-0.15, -0.1) is 24.0 Å². The Morgan fingerprint density at radius 3 is 2.32 bits per heavy atom. The fourth-order valence-electron chi connectivity index (χ4n) is 5.29. The Kier molecular flexibility index (Phi) is 7.78. The molecule has 31 heavy (non-hydrogen) atoms. The normalized spacial score (nSPS) is 26.3. The predicted octanol–water partition coefficient (Wildman–Crippen LogP) is 2.83. The third kappa shape index (κ3) is 4.81. The summed E-state index contributed by atoms with van der Waals surface area (Å²) in [5, 5.41) is 6.63. The number of imide groups is 1. The van der Waals surface area contributed by atoms with Crippen LogP contribution in [-0.4, -0.2) is 49.4 Å². The number of carbonyl (C=O) groups is 2. The predicted molar refractivity (Wildman–Crippen MR) is 133 cm³/mol. The van der Waals surface area contributed by atoms with Gasteiger partial charge >= 0.3 is 0 Å². The van der Waals surface area contributed by atoms with Gasteiger partial charge in [-0.3, -0.25) is 19.5 Å². The molecule has 1 aliphatic heterocycles. The smallest absolute Gasteiger partial charge is 0.233 e. The summed E-state index contributed by atoms with van der Waals surface area (Å²) >= 11 is 0. The maximum atomic E-state index is 12.7. The molecule has 1 aromatic carbocycles. The number of hydrogen-bond acceptors (Lipinski definition) is 3. The molecule has 2 bridgehead atoms. The molecule has 0 aromatic heterocycles. The van der Waals surface area contributed by atoms with E-state index in [2.05, 4.69) is 59.8 Å². The maximum Gasteiger partial charge on any atom is 0.233 e. The van der Waals surface area contributed by atoms with Crippen LogP contribution in [0.25, 0.3) is 0 Å². The highest BCUT2D eigenvalue weighted by Crippen LogP contribution is 2.52. The summed E-state index contributed by atoms with van der Waals surface area (Å²) in [5.41, 5.74) is 3.93. The Hall–Kier alpha value is -1.90. The number of nitrogens with one attached hydrogen (secondary N) is 2. The summed E-state index contributed by atoms with van der Waals surface area (Å²) in [6, 6.07) is 6.54. The lowest BCUT2D eigenvalue weighted by molar-refractivity contribution is -0.140. The van der Waals surface area contributed by atoms with Gasteiger partial charge in [0.2, 0.25) is 11.8 Å². The van der Waals surface area contributed by atoms with Gasteiger partial charge in [-0.05, 0) is 56.1 Å². The van der Waals surface area contributed by atoms with Gasteiger partial charge in [-0.25, -0.2) is 0 Å². The van der Waals surface area contributed by atoms with E-state index in [1.807, 2.05) is 0 Å². The van der Waals surface area contributed by atoms with Crippen LogP contribution in [0.1, 0.15) is 29.5 Å². The van der Waals surface area contributed by atoms with Crippen LogP contribution in [0, 0.1) is 37.5 Å². The average Bonchev–Trinajstić information content (AvgIpc) is 3.40. The zero-order valence-corrected chi connectivity index (χ0v) is 20.9. The molecule has 2 aliphatic carbocycles. The van der Waals surface area contributed by atoms with E-state index in [1.165, 1.54) is 21.6 Å². The minimum absolute atomic E-state index is 0. The van der Waals surface area contributed by atoms with Gasteiger partial charge in [0.15, 0.2) is 5.96 Å². The van der Waals surface area contributed by atoms with E-state index in [4.69, 9.17) is 0 Å². The highest BCUT2D eigenvalue weighted by molar-refractivity contribution is 14.0. The molecular weight excluding hydrogens is 503 g/mol. The zero-order valence-electron chi connectivity index (χ0n) is 18.6. The Morgan fingerprint density at radius 1 is 1.06 bits per heavy atom. The second kappa shape index (κ2) is 10.1. The highest BCUT2D eigenvalue weighted by Gasteiger charge is 2.58. The number of rotatable bonds is 7. The largest absolute Gasteiger partial charge is 0.356 e. The Bertz CT molecular complexity index is 868. The molecular formula is C24H33IN4O2. The maximum absolute atomic E-state index is 12.7. The van der Waals surface area contributed by atoms with Crippen molar-refractivity contribution in [3.63, 3.8) is 0 Å². The minimum Gasteiger partial charge on any atom is -0.356 e. The van der Waals surface area contributed by atoms with E-state index in [9.17, 15) is 9.59 Å². The van der Waals surface area contributed by atoms with Crippen molar-refractivity contribution < 1.29 is 9.59 Å². The SMILES string of the molecule is CN=C(NCCCN1C(=O)C2C3C=CC(C3)C2C1=O)NCCc1ccc(C)cc1C.I. The van der Waals surface area contributed by atoms with Gasteiger partial charge in [-0.1, -0.05) is 35.9 Å². The first-order chi connectivity index (χ1) is 14.5. The topological polar surface area (TPSA) is 73.8 Å². The summed E-state index contributed by atoms with van der Waals surface area (Å²) in [4.78, 5) is 31.2. The third-order valence-electron chi connectivity index (χ3n) is 6.82. The summed E-state index contributed by atoms with van der Waals surface area (Å²) in [5.74, 6) is 1.19. The molecule has 1 saturated carbocycles. The van der Waals surface area contributed by atoms with Crippen LogP contribution >= 0.6 is 24.0 Å². The number of carbonyl (C=O) groups excluding carboxylic acids is 2. The first-order valence-electron chi connectivity index (χ1n) is 11.0. The quantitative estimate of drug-likeness (QED) is 0.140. The molecule has 2 fully saturated rings. The molecule has 168 valence electrons. The van der Waals surface area contributed by atoms with Crippen molar-refractivity contribution in [1.82, 2.24) is 15.5 Å². The monoisotopic (exact) mass is 536 g/mol. The molecule has 0 spiro atoms. The van der Waals surface area contributed by atoms with Gasteiger partial charge in [0.05, 0.1) is 11.8 Å². The van der Waals surface area contributed by atoms with Gasteiger partial charge < -0.3 is 10.6 Å². The van der Waals surface area contributed by atoms with Crippen molar-refractivity contribution in [3.05, 3.63) is 47.0 Å². The second-order valence-corrected chi connectivity index (χ2v) is 8.79. The molecule has 1 saturated heterocycles. The molecule has 3 aliphatic rings. The molecule has 4 atom stereocenters. The van der Waals surface area contributed by atoms with E-state index in [1.54, 1.807) is 7.05 Å². The number of allylic oxidation sites excluding steroid dienone is 2. The number of benzene rings is 1. The van der Waals surface area contributed by atoms with Crippen molar-refractivity contribution in [2.75, 3.05) is 26.7 Å². The molecule has 7 heteroatoms. The number of amides is 2. The third-order valence-corrected chi connectivity index (χ3v) is 6.82. The average molecular weight is 536 g/mol. The van der Waals surface area contributed by atoms with Crippen LogP contribution in [-0.2, 0) is 16.0 Å². The van der Waals surface area contributed by atoms with Gasteiger partial charge in [0.1, 0.15) is 0 Å². The lowest BCUT2D eigenvalue weighted by Crippen LogP contribution is -2.40. The molecule has 1 aromatic rings. The number of likely N-dealkylation sites (tertiary alicyclic amines) is 1. The summed E-state index contributed by atoms with van der Waals surface area (Å²) in [6.07, 6.45) is 6.90. The minimum atomic E-state index is -0.0971. The standard InChI is InChI=1S/C24H32N4O2.HI/c1-15-5-6-17(16(2)13-15)9-11-27-24(25-3)26-10-4-12-28-22(29)20-18-7-8-19(14-18)21(20)23(28)30;/h5-8,13,18-21H,4,9-12,14H2,1-3H3,(H2,25,26,27);1H. The Labute approximate surface area is 202 Å². The van der Waals surface area contributed by atoms with Gasteiger partial charge in [0.25, 0.3) is 0 Å². The number of hydrogen-bond donors (Lipinski definition) is 2. The van der Waals surface area contributed by atoms with E-state index < -0.39 is 0 Å². The summed E-state index contributed by atoms with van der Waals surface area (Å²) in [7, 11) is 1.75. The first kappa shape index (κ1) is 23.8. The van der Waals surface area contributed by atoms with Crippen LogP contribution in [0.2, 0.25) is 0 Å². The van der Waals surface area contributed by atoms with Crippen molar-refractivity contribution >= 4 is 41.8 Å². The summed E-state index contributed by atoms with van der Waals surface area (Å²) in [6.45, 7) is 6.20. The zero-order chi connectivity index (χ0) is 21.3. The van der Waals surface area contributed by atoms with E-state index in [0.717, 1.165) is 31.8 Å². The molecule has 0 radical (unpaired) electrons. The van der Waals surface area contributed by atoms with Crippen molar-refractivity contribution in [3.8, 4) is 0 Å². The van der Waals surface area contributed by atoms with E-state index >= 15 is 0 Å². The van der Waals surface area contributed by atoms with Crippen LogP contribution in [0.5, 0.6) is 0 Å². The van der Waals surface area contributed by atoms with Crippen molar-refractivity contribution in [1.29, 1.82) is 0 Å². The second-order valence-electron chi connectivity index (χ2n) is 8.79. The van der Waals surface area contributed by atoms with Crippen LogP contribution < -0.4 is 10.6 Å². The number of aliphatic imine (C=N–C) groups is 1. The van der Waals surface area contributed by atoms with Gasteiger partial charge in [0, 0.05) is 26.7 Å². The molecule has 4 rings (SSSR count). The van der Waals surface area contributed by atoms with Crippen LogP contribution in [0.15, 0.2) is 35.3 Å². The molecule has 1 heterocycles. The first-order valence-corrected chi connectivity index (χ1v) is 11.0.